The van der Waals surface area contributed by atoms with Crippen LogP contribution < -0.4 is 14.8 Å². The van der Waals surface area contributed by atoms with Crippen molar-refractivity contribution in [3.8, 4) is 11.5 Å². The lowest BCUT2D eigenvalue weighted by atomic mass is 10.1. The Labute approximate surface area is 145 Å². The van der Waals surface area contributed by atoms with Gasteiger partial charge in [-0.2, -0.15) is 0 Å². The van der Waals surface area contributed by atoms with E-state index in [-0.39, 0.29) is 24.3 Å². The van der Waals surface area contributed by atoms with Crippen LogP contribution in [0.15, 0.2) is 36.4 Å². The lowest BCUT2D eigenvalue weighted by Crippen LogP contribution is -2.24. The van der Waals surface area contributed by atoms with Gasteiger partial charge in [0.25, 0.3) is 5.91 Å². The topological polar surface area (TPSA) is 47.6 Å². The van der Waals surface area contributed by atoms with Crippen LogP contribution in [0.2, 0.25) is 5.02 Å². The molecule has 6 heteroatoms. The quantitative estimate of drug-likeness (QED) is 0.848. The van der Waals surface area contributed by atoms with Crippen molar-refractivity contribution in [2.75, 3.05) is 7.11 Å². The maximum absolute atomic E-state index is 13.7. The Morgan fingerprint density at radius 3 is 2.54 bits per heavy atom. The highest BCUT2D eigenvalue weighted by molar-refractivity contribution is 6.31. The van der Waals surface area contributed by atoms with Crippen molar-refractivity contribution in [1.29, 1.82) is 0 Å². The number of ether oxygens (including phenoxy) is 2. The minimum Gasteiger partial charge on any atom is -0.494 e. The van der Waals surface area contributed by atoms with Crippen LogP contribution in [0.4, 0.5) is 4.39 Å². The van der Waals surface area contributed by atoms with Gasteiger partial charge in [0.05, 0.1) is 18.8 Å². The zero-order chi connectivity index (χ0) is 17.7. The number of hydrogen-bond acceptors (Lipinski definition) is 3. The maximum atomic E-state index is 13.7. The van der Waals surface area contributed by atoms with E-state index in [9.17, 15) is 9.18 Å². The van der Waals surface area contributed by atoms with E-state index in [0.717, 1.165) is 0 Å². The highest BCUT2D eigenvalue weighted by Crippen LogP contribution is 2.24. The van der Waals surface area contributed by atoms with E-state index >= 15 is 0 Å². The first-order valence-electron chi connectivity index (χ1n) is 7.47. The normalized spacial score (nSPS) is 10.6. The first-order chi connectivity index (χ1) is 11.4. The molecule has 0 saturated heterocycles. The third-order valence-corrected chi connectivity index (χ3v) is 3.45. The van der Waals surface area contributed by atoms with Gasteiger partial charge in [0, 0.05) is 11.6 Å². The molecule has 0 spiro atoms. The molecule has 0 aliphatic carbocycles. The van der Waals surface area contributed by atoms with E-state index in [1.54, 1.807) is 24.3 Å². The number of benzene rings is 2. The Morgan fingerprint density at radius 2 is 1.92 bits per heavy atom. The molecular formula is C18H19ClFNO3. The molecule has 0 unspecified atom stereocenters. The molecule has 2 rings (SSSR count). The highest BCUT2D eigenvalue weighted by atomic mass is 35.5. The molecule has 0 saturated carbocycles. The second-order valence-electron chi connectivity index (χ2n) is 5.46. The Morgan fingerprint density at radius 1 is 1.21 bits per heavy atom. The second kappa shape index (κ2) is 8.02. The van der Waals surface area contributed by atoms with Crippen LogP contribution in [-0.2, 0) is 6.54 Å². The first kappa shape index (κ1) is 18.1. The van der Waals surface area contributed by atoms with Crippen LogP contribution >= 0.6 is 11.6 Å². The van der Waals surface area contributed by atoms with E-state index in [0.29, 0.717) is 21.9 Å². The van der Waals surface area contributed by atoms with Gasteiger partial charge < -0.3 is 14.8 Å². The van der Waals surface area contributed by atoms with Gasteiger partial charge in [-0.05, 0) is 49.7 Å². The lowest BCUT2D eigenvalue weighted by Gasteiger charge is -2.14. The number of carbonyl (C=O) groups is 1. The summed E-state index contributed by atoms with van der Waals surface area (Å²) in [6.45, 7) is 3.92. The van der Waals surface area contributed by atoms with Crippen LogP contribution in [0, 0.1) is 5.82 Å². The predicted octanol–water partition coefficient (Wildman–Crippen LogP) is 4.20. The molecule has 0 fully saturated rings. The van der Waals surface area contributed by atoms with Crippen LogP contribution in [0.5, 0.6) is 11.5 Å². The zero-order valence-corrected chi connectivity index (χ0v) is 14.5. The number of halogens is 2. The molecule has 1 amide bonds. The van der Waals surface area contributed by atoms with Gasteiger partial charge >= 0.3 is 0 Å². The van der Waals surface area contributed by atoms with Crippen molar-refractivity contribution in [1.82, 2.24) is 5.32 Å². The standard InChI is InChI=1S/C18H19ClFNO3/c1-11(2)24-16-7-5-13(19)9-14(16)18(22)21-10-12-4-6-17(23-3)15(20)8-12/h4-9,11H,10H2,1-3H3,(H,21,22). The smallest absolute Gasteiger partial charge is 0.255 e. The van der Waals surface area contributed by atoms with Crippen molar-refractivity contribution in [3.63, 3.8) is 0 Å². The van der Waals surface area contributed by atoms with Gasteiger partial charge in [0.15, 0.2) is 11.6 Å². The fraction of sp³-hybridized carbons (Fsp3) is 0.278. The third kappa shape index (κ3) is 4.61. The molecule has 0 aromatic heterocycles. The molecule has 0 bridgehead atoms. The molecule has 0 aliphatic heterocycles. The van der Waals surface area contributed by atoms with Gasteiger partial charge in [-0.3, -0.25) is 4.79 Å². The number of amides is 1. The Balaban J connectivity index is 2.12. The average Bonchev–Trinajstić information content (AvgIpc) is 2.54. The Hall–Kier alpha value is -2.27. The van der Waals surface area contributed by atoms with Crippen LogP contribution in [-0.4, -0.2) is 19.1 Å². The van der Waals surface area contributed by atoms with E-state index < -0.39 is 5.82 Å². The Kier molecular flexibility index (Phi) is 6.04. The molecule has 128 valence electrons. The summed E-state index contributed by atoms with van der Waals surface area (Å²) in [4.78, 5) is 12.4. The minimum absolute atomic E-state index is 0.0755. The molecule has 2 aromatic carbocycles. The van der Waals surface area contributed by atoms with Gasteiger partial charge in [0.1, 0.15) is 5.75 Å². The summed E-state index contributed by atoms with van der Waals surface area (Å²) in [5.74, 6) is -0.208. The third-order valence-electron chi connectivity index (χ3n) is 3.22. The second-order valence-corrected chi connectivity index (χ2v) is 5.90. The summed E-state index contributed by atoms with van der Waals surface area (Å²) >= 11 is 5.97. The van der Waals surface area contributed by atoms with Crippen molar-refractivity contribution >= 4 is 17.5 Å². The summed E-state index contributed by atoms with van der Waals surface area (Å²) in [5, 5.41) is 3.17. The molecule has 4 nitrogen and oxygen atoms in total. The molecule has 2 aromatic rings. The fourth-order valence-electron chi connectivity index (χ4n) is 2.13. The van der Waals surface area contributed by atoms with E-state index in [2.05, 4.69) is 5.32 Å². The summed E-state index contributed by atoms with van der Waals surface area (Å²) in [5.41, 5.74) is 0.959. The number of methoxy groups -OCH3 is 1. The highest BCUT2D eigenvalue weighted by Gasteiger charge is 2.14. The van der Waals surface area contributed by atoms with Crippen molar-refractivity contribution in [2.24, 2.45) is 0 Å². The number of rotatable bonds is 6. The zero-order valence-electron chi connectivity index (χ0n) is 13.7. The summed E-state index contributed by atoms with van der Waals surface area (Å²) in [6, 6.07) is 9.39. The van der Waals surface area contributed by atoms with E-state index in [1.165, 1.54) is 19.2 Å². The summed E-state index contributed by atoms with van der Waals surface area (Å²) in [7, 11) is 1.40. The molecular weight excluding hydrogens is 333 g/mol. The maximum Gasteiger partial charge on any atom is 0.255 e. The lowest BCUT2D eigenvalue weighted by molar-refractivity contribution is 0.0945. The van der Waals surface area contributed by atoms with E-state index in [1.807, 2.05) is 13.8 Å². The van der Waals surface area contributed by atoms with Crippen molar-refractivity contribution < 1.29 is 18.7 Å². The number of carbonyl (C=O) groups excluding carboxylic acids is 1. The van der Waals surface area contributed by atoms with E-state index in [4.69, 9.17) is 21.1 Å². The van der Waals surface area contributed by atoms with Crippen LogP contribution in [0.25, 0.3) is 0 Å². The summed E-state index contributed by atoms with van der Waals surface area (Å²) in [6.07, 6.45) is -0.0755. The van der Waals surface area contributed by atoms with Crippen molar-refractivity contribution in [2.45, 2.75) is 26.5 Å². The fourth-order valence-corrected chi connectivity index (χ4v) is 2.31. The SMILES string of the molecule is COc1ccc(CNC(=O)c2cc(Cl)ccc2OC(C)C)cc1F. The Bertz CT molecular complexity index is 734. The average molecular weight is 352 g/mol. The minimum atomic E-state index is -0.476. The van der Waals surface area contributed by atoms with Crippen molar-refractivity contribution in [3.05, 3.63) is 58.4 Å². The molecule has 0 heterocycles. The monoisotopic (exact) mass is 351 g/mol. The molecule has 0 atom stereocenters. The molecule has 24 heavy (non-hydrogen) atoms. The molecule has 0 radical (unpaired) electrons. The molecule has 0 aliphatic rings. The van der Waals surface area contributed by atoms with Crippen LogP contribution in [0.3, 0.4) is 0 Å². The first-order valence-corrected chi connectivity index (χ1v) is 7.85. The number of nitrogens with one attached hydrogen (secondary N) is 1. The van der Waals surface area contributed by atoms with Gasteiger partial charge in [-0.25, -0.2) is 4.39 Å². The van der Waals surface area contributed by atoms with Gasteiger partial charge in [-0.15, -0.1) is 0 Å². The van der Waals surface area contributed by atoms with Gasteiger partial charge in [-0.1, -0.05) is 17.7 Å². The number of hydrogen-bond donors (Lipinski definition) is 1. The molecule has 1 N–H and O–H groups in total. The largest absolute Gasteiger partial charge is 0.494 e. The van der Waals surface area contributed by atoms with Crippen LogP contribution in [0.1, 0.15) is 29.8 Å². The summed E-state index contributed by atoms with van der Waals surface area (Å²) < 4.78 is 24.2. The van der Waals surface area contributed by atoms with Gasteiger partial charge in [0.2, 0.25) is 0 Å². The predicted molar refractivity (Wildman–Crippen MR) is 91.3 cm³/mol.